The SMILES string of the molecule is COC(=O)CC(CC(=O)OC)n1cc(NC(=O)Oc2ccc(OC)cc2)cn1. The normalized spacial score (nSPS) is 10.3. The highest BCUT2D eigenvalue weighted by molar-refractivity contribution is 5.85. The Morgan fingerprint density at radius 3 is 2.11 bits per heavy atom. The topological polar surface area (TPSA) is 118 Å². The molecule has 0 saturated carbocycles. The summed E-state index contributed by atoms with van der Waals surface area (Å²) in [7, 11) is 4.04. The number of nitrogens with zero attached hydrogens (tertiary/aromatic N) is 2. The molecule has 150 valence electrons. The maximum atomic E-state index is 12.0. The van der Waals surface area contributed by atoms with Crippen molar-refractivity contribution in [2.75, 3.05) is 26.6 Å². The average Bonchev–Trinajstić information content (AvgIpc) is 3.15. The molecule has 0 aliphatic heterocycles. The molecule has 2 aromatic rings. The van der Waals surface area contributed by atoms with Crippen LogP contribution in [0.5, 0.6) is 11.5 Å². The second-order valence-electron chi connectivity index (χ2n) is 5.61. The number of esters is 2. The number of methoxy groups -OCH3 is 3. The largest absolute Gasteiger partial charge is 0.497 e. The van der Waals surface area contributed by atoms with Gasteiger partial charge in [-0.1, -0.05) is 0 Å². The van der Waals surface area contributed by atoms with Crippen molar-refractivity contribution in [3.8, 4) is 11.5 Å². The van der Waals surface area contributed by atoms with E-state index in [9.17, 15) is 14.4 Å². The first-order valence-electron chi connectivity index (χ1n) is 8.25. The molecule has 10 nitrogen and oxygen atoms in total. The number of amides is 1. The van der Waals surface area contributed by atoms with Gasteiger partial charge in [-0.15, -0.1) is 0 Å². The minimum Gasteiger partial charge on any atom is -0.497 e. The lowest BCUT2D eigenvalue weighted by molar-refractivity contribution is -0.144. The van der Waals surface area contributed by atoms with Gasteiger partial charge in [0.25, 0.3) is 0 Å². The Morgan fingerprint density at radius 1 is 1.00 bits per heavy atom. The first-order chi connectivity index (χ1) is 13.4. The number of carbonyl (C=O) groups excluding carboxylic acids is 3. The van der Waals surface area contributed by atoms with Crippen LogP contribution in [0.25, 0.3) is 0 Å². The van der Waals surface area contributed by atoms with Gasteiger partial charge in [0.05, 0.1) is 52.1 Å². The summed E-state index contributed by atoms with van der Waals surface area (Å²) in [6.07, 6.45) is 1.97. The van der Waals surface area contributed by atoms with Crippen molar-refractivity contribution < 1.29 is 33.3 Å². The lowest BCUT2D eigenvalue weighted by Gasteiger charge is -2.15. The summed E-state index contributed by atoms with van der Waals surface area (Å²) in [5, 5.41) is 6.61. The van der Waals surface area contributed by atoms with Crippen LogP contribution in [0.3, 0.4) is 0 Å². The molecular formula is C18H21N3O7. The van der Waals surface area contributed by atoms with Gasteiger partial charge in [0.1, 0.15) is 11.5 Å². The second kappa shape index (κ2) is 9.95. The fraction of sp³-hybridized carbons (Fsp3) is 0.333. The standard InChI is InChI=1S/C18H21N3O7/c1-25-14-4-6-15(7-5-14)28-18(24)20-12-10-19-21(11-12)13(8-16(22)26-2)9-17(23)27-3/h4-7,10-11,13H,8-9H2,1-3H3,(H,20,24). The summed E-state index contributed by atoms with van der Waals surface area (Å²) in [4.78, 5) is 35.2. The van der Waals surface area contributed by atoms with Crippen LogP contribution in [0.1, 0.15) is 18.9 Å². The Balaban J connectivity index is 2.01. The molecule has 0 aliphatic rings. The number of hydrogen-bond acceptors (Lipinski definition) is 8. The highest BCUT2D eigenvalue weighted by Gasteiger charge is 2.22. The van der Waals surface area contributed by atoms with Crippen molar-refractivity contribution in [3.63, 3.8) is 0 Å². The minimum absolute atomic E-state index is 0.0803. The number of anilines is 1. The van der Waals surface area contributed by atoms with E-state index in [1.54, 1.807) is 24.3 Å². The molecule has 0 saturated heterocycles. The molecule has 10 heteroatoms. The first kappa shape index (κ1) is 20.7. The lowest BCUT2D eigenvalue weighted by Crippen LogP contribution is -2.20. The van der Waals surface area contributed by atoms with Crippen LogP contribution in [0.2, 0.25) is 0 Å². The van der Waals surface area contributed by atoms with Crippen LogP contribution in [-0.2, 0) is 19.1 Å². The van der Waals surface area contributed by atoms with Gasteiger partial charge >= 0.3 is 18.0 Å². The number of ether oxygens (including phenoxy) is 4. The van der Waals surface area contributed by atoms with Crippen LogP contribution in [0, 0.1) is 0 Å². The van der Waals surface area contributed by atoms with Crippen molar-refractivity contribution >= 4 is 23.7 Å². The van der Waals surface area contributed by atoms with E-state index in [1.165, 1.54) is 38.4 Å². The molecule has 0 unspecified atom stereocenters. The molecule has 0 spiro atoms. The monoisotopic (exact) mass is 391 g/mol. The molecule has 1 aromatic carbocycles. The number of benzene rings is 1. The Kier molecular flexibility index (Phi) is 7.37. The summed E-state index contributed by atoms with van der Waals surface area (Å²) < 4.78 is 20.9. The molecule has 1 N–H and O–H groups in total. The number of rotatable bonds is 8. The molecule has 1 aromatic heterocycles. The number of nitrogens with one attached hydrogen (secondary N) is 1. The Bertz CT molecular complexity index is 799. The summed E-state index contributed by atoms with van der Waals surface area (Å²) >= 11 is 0. The fourth-order valence-corrected chi connectivity index (χ4v) is 2.31. The molecule has 0 aliphatic carbocycles. The Morgan fingerprint density at radius 2 is 1.57 bits per heavy atom. The molecule has 28 heavy (non-hydrogen) atoms. The van der Waals surface area contributed by atoms with E-state index in [0.717, 1.165) is 0 Å². The van der Waals surface area contributed by atoms with Crippen LogP contribution in [-0.4, -0.2) is 49.1 Å². The lowest BCUT2D eigenvalue weighted by atomic mass is 10.1. The van der Waals surface area contributed by atoms with Gasteiger partial charge in [-0.2, -0.15) is 5.10 Å². The van der Waals surface area contributed by atoms with Crippen molar-refractivity contribution in [2.24, 2.45) is 0 Å². The Hall–Kier alpha value is -3.56. The van der Waals surface area contributed by atoms with Crippen molar-refractivity contribution in [1.82, 2.24) is 9.78 Å². The highest BCUT2D eigenvalue weighted by atomic mass is 16.6. The van der Waals surface area contributed by atoms with Gasteiger partial charge < -0.3 is 18.9 Å². The molecule has 0 atom stereocenters. The quantitative estimate of drug-likeness (QED) is 0.680. The van der Waals surface area contributed by atoms with E-state index in [0.29, 0.717) is 17.2 Å². The third-order valence-corrected chi connectivity index (χ3v) is 3.75. The zero-order valence-corrected chi connectivity index (χ0v) is 15.7. The molecule has 0 bridgehead atoms. The number of carbonyl (C=O) groups is 3. The summed E-state index contributed by atoms with van der Waals surface area (Å²) in [6.45, 7) is 0. The third-order valence-electron chi connectivity index (χ3n) is 3.75. The zero-order valence-electron chi connectivity index (χ0n) is 15.7. The van der Waals surface area contributed by atoms with Crippen LogP contribution in [0.15, 0.2) is 36.7 Å². The fourth-order valence-electron chi connectivity index (χ4n) is 2.31. The predicted molar refractivity (Wildman–Crippen MR) is 97.2 cm³/mol. The summed E-state index contributed by atoms with van der Waals surface area (Å²) in [6, 6.07) is 5.87. The smallest absolute Gasteiger partial charge is 0.417 e. The van der Waals surface area contributed by atoms with Crippen LogP contribution in [0.4, 0.5) is 10.5 Å². The highest BCUT2D eigenvalue weighted by Crippen LogP contribution is 2.20. The van der Waals surface area contributed by atoms with Gasteiger partial charge in [0.2, 0.25) is 0 Å². The minimum atomic E-state index is -0.720. The Labute approximate surface area is 161 Å². The first-order valence-corrected chi connectivity index (χ1v) is 8.25. The van der Waals surface area contributed by atoms with E-state index >= 15 is 0 Å². The van der Waals surface area contributed by atoms with E-state index in [2.05, 4.69) is 19.9 Å². The maximum absolute atomic E-state index is 12.0. The molecule has 0 fully saturated rings. The van der Waals surface area contributed by atoms with Crippen molar-refractivity contribution in [3.05, 3.63) is 36.7 Å². The van der Waals surface area contributed by atoms with Crippen molar-refractivity contribution in [1.29, 1.82) is 0 Å². The predicted octanol–water partition coefficient (Wildman–Crippen LogP) is 2.17. The third kappa shape index (κ3) is 6.01. The van der Waals surface area contributed by atoms with Crippen LogP contribution >= 0.6 is 0 Å². The average molecular weight is 391 g/mol. The molecule has 1 heterocycles. The van der Waals surface area contributed by atoms with Gasteiger partial charge in [-0.25, -0.2) is 4.79 Å². The summed E-state index contributed by atoms with van der Waals surface area (Å²) in [5.74, 6) is -0.0353. The van der Waals surface area contributed by atoms with E-state index in [-0.39, 0.29) is 12.8 Å². The maximum Gasteiger partial charge on any atom is 0.417 e. The summed E-state index contributed by atoms with van der Waals surface area (Å²) in [5.41, 5.74) is 0.332. The van der Waals surface area contributed by atoms with Crippen molar-refractivity contribution in [2.45, 2.75) is 18.9 Å². The van der Waals surface area contributed by atoms with Gasteiger partial charge in [0, 0.05) is 6.20 Å². The molecule has 0 radical (unpaired) electrons. The molecule has 1 amide bonds. The van der Waals surface area contributed by atoms with Crippen LogP contribution < -0.4 is 14.8 Å². The molecular weight excluding hydrogens is 370 g/mol. The number of hydrogen-bond donors (Lipinski definition) is 1. The van der Waals surface area contributed by atoms with E-state index in [4.69, 9.17) is 9.47 Å². The van der Waals surface area contributed by atoms with Gasteiger partial charge in [-0.05, 0) is 24.3 Å². The zero-order chi connectivity index (χ0) is 20.5. The van der Waals surface area contributed by atoms with Gasteiger partial charge in [-0.3, -0.25) is 19.6 Å². The number of aromatic nitrogens is 2. The van der Waals surface area contributed by atoms with E-state index < -0.39 is 24.1 Å². The molecule has 2 rings (SSSR count). The van der Waals surface area contributed by atoms with Gasteiger partial charge in [0.15, 0.2) is 0 Å². The second-order valence-corrected chi connectivity index (χ2v) is 5.61. The van der Waals surface area contributed by atoms with E-state index in [1.807, 2.05) is 0 Å².